The van der Waals surface area contributed by atoms with Crippen LogP contribution in [-0.2, 0) is 19.5 Å². The normalized spacial score (nSPS) is 21.8. The molecule has 138 valence electrons. The van der Waals surface area contributed by atoms with E-state index >= 15 is 0 Å². The number of anilines is 1. The highest BCUT2D eigenvalue weighted by molar-refractivity contribution is 7.89. The van der Waals surface area contributed by atoms with Crippen LogP contribution in [0.25, 0.3) is 0 Å². The Labute approximate surface area is 153 Å². The lowest BCUT2D eigenvalue weighted by Gasteiger charge is -2.26. The fourth-order valence-electron chi connectivity index (χ4n) is 2.83. The van der Waals surface area contributed by atoms with Crippen LogP contribution in [0.15, 0.2) is 29.2 Å². The Bertz CT molecular complexity index is 682. The van der Waals surface area contributed by atoms with Gasteiger partial charge in [-0.2, -0.15) is 4.31 Å². The first-order valence-corrected chi connectivity index (χ1v) is 10.2. The Morgan fingerprint density at radius 3 is 2.56 bits per heavy atom. The van der Waals surface area contributed by atoms with Crippen LogP contribution in [0.3, 0.4) is 0 Å². The lowest BCUT2D eigenvalue weighted by Crippen LogP contribution is -2.40. The van der Waals surface area contributed by atoms with E-state index in [2.05, 4.69) is 10.6 Å². The van der Waals surface area contributed by atoms with E-state index in [0.29, 0.717) is 38.0 Å². The summed E-state index contributed by atoms with van der Waals surface area (Å²) in [6.45, 7) is 3.13. The summed E-state index contributed by atoms with van der Waals surface area (Å²) in [7, 11) is -3.47. The number of ether oxygens (including phenoxy) is 2. The predicted octanol–water partition coefficient (Wildman–Crippen LogP) is 1.17. The molecule has 2 aliphatic heterocycles. The van der Waals surface area contributed by atoms with Gasteiger partial charge in [-0.3, -0.25) is 0 Å². The molecule has 0 amide bonds. The summed E-state index contributed by atoms with van der Waals surface area (Å²) in [6.07, 6.45) is 2.34. The van der Waals surface area contributed by atoms with Crippen molar-refractivity contribution < 1.29 is 17.9 Å². The zero-order valence-electron chi connectivity index (χ0n) is 13.9. The van der Waals surface area contributed by atoms with E-state index in [-0.39, 0.29) is 11.0 Å². The fraction of sp³-hybridized carbons (Fsp3) is 0.562. The second-order valence-electron chi connectivity index (χ2n) is 6.01. The van der Waals surface area contributed by atoms with Crippen molar-refractivity contribution in [1.29, 1.82) is 0 Å². The Morgan fingerprint density at radius 2 is 1.92 bits per heavy atom. The smallest absolute Gasteiger partial charge is 0.243 e. The van der Waals surface area contributed by atoms with Gasteiger partial charge in [-0.25, -0.2) is 8.42 Å². The fourth-order valence-corrected chi connectivity index (χ4v) is 4.44. The van der Waals surface area contributed by atoms with Crippen molar-refractivity contribution in [2.24, 2.45) is 0 Å². The lowest BCUT2D eigenvalue weighted by atomic mass is 10.2. The molecule has 7 nitrogen and oxygen atoms in total. The second-order valence-corrected chi connectivity index (χ2v) is 8.36. The Hall–Kier alpha value is -1.26. The SMILES string of the molecule is O=S(=O)(c1ccc(NC(=S)NC[C@H]2CCCO2)cc1)N1CCOCC1. The zero-order chi connectivity index (χ0) is 17.7. The minimum Gasteiger partial charge on any atom is -0.379 e. The molecule has 9 heteroatoms. The summed E-state index contributed by atoms with van der Waals surface area (Å²) in [5, 5.41) is 6.68. The minimum atomic E-state index is -3.47. The molecule has 0 aliphatic carbocycles. The summed E-state index contributed by atoms with van der Waals surface area (Å²) in [5.41, 5.74) is 0.741. The lowest BCUT2D eigenvalue weighted by molar-refractivity contribution is 0.0730. The van der Waals surface area contributed by atoms with E-state index in [9.17, 15) is 8.42 Å². The van der Waals surface area contributed by atoms with E-state index in [0.717, 1.165) is 25.1 Å². The van der Waals surface area contributed by atoms with Gasteiger partial charge in [0.05, 0.1) is 24.2 Å². The van der Waals surface area contributed by atoms with Crippen molar-refractivity contribution in [2.45, 2.75) is 23.8 Å². The van der Waals surface area contributed by atoms with Crippen LogP contribution < -0.4 is 10.6 Å². The Kier molecular flexibility index (Phi) is 6.24. The molecule has 2 fully saturated rings. The van der Waals surface area contributed by atoms with Gasteiger partial charge in [-0.15, -0.1) is 0 Å². The molecule has 1 aromatic rings. The summed E-state index contributed by atoms with van der Waals surface area (Å²) >= 11 is 5.26. The number of nitrogens with zero attached hydrogens (tertiary/aromatic N) is 1. The van der Waals surface area contributed by atoms with Crippen molar-refractivity contribution in [2.75, 3.05) is 44.8 Å². The third kappa shape index (κ3) is 4.89. The van der Waals surface area contributed by atoms with Crippen LogP contribution in [0.2, 0.25) is 0 Å². The number of thiocarbonyl (C=S) groups is 1. The topological polar surface area (TPSA) is 79.9 Å². The average Bonchev–Trinajstić information content (AvgIpc) is 3.15. The third-order valence-electron chi connectivity index (χ3n) is 4.23. The van der Waals surface area contributed by atoms with E-state index in [4.69, 9.17) is 21.7 Å². The largest absolute Gasteiger partial charge is 0.379 e. The average molecular weight is 386 g/mol. The van der Waals surface area contributed by atoms with Crippen LogP contribution in [0.1, 0.15) is 12.8 Å². The van der Waals surface area contributed by atoms with Crippen LogP contribution in [-0.4, -0.2) is 63.4 Å². The molecule has 1 atom stereocenters. The maximum Gasteiger partial charge on any atom is 0.243 e. The van der Waals surface area contributed by atoms with E-state index in [1.165, 1.54) is 4.31 Å². The minimum absolute atomic E-state index is 0.209. The maximum absolute atomic E-state index is 12.6. The van der Waals surface area contributed by atoms with E-state index in [1.807, 2.05) is 0 Å². The van der Waals surface area contributed by atoms with Crippen molar-refractivity contribution in [1.82, 2.24) is 9.62 Å². The van der Waals surface area contributed by atoms with Crippen molar-refractivity contribution in [3.63, 3.8) is 0 Å². The molecule has 2 saturated heterocycles. The van der Waals surface area contributed by atoms with Crippen LogP contribution in [0.4, 0.5) is 5.69 Å². The van der Waals surface area contributed by atoms with Crippen molar-refractivity contribution in [3.8, 4) is 0 Å². The molecule has 25 heavy (non-hydrogen) atoms. The van der Waals surface area contributed by atoms with E-state index < -0.39 is 10.0 Å². The maximum atomic E-state index is 12.6. The van der Waals surface area contributed by atoms with Gasteiger partial charge in [0.2, 0.25) is 10.0 Å². The monoisotopic (exact) mass is 385 g/mol. The molecule has 0 spiro atoms. The van der Waals surface area contributed by atoms with Gasteiger partial charge in [-0.05, 0) is 49.3 Å². The molecule has 0 saturated carbocycles. The number of sulfonamides is 1. The zero-order valence-corrected chi connectivity index (χ0v) is 15.6. The summed E-state index contributed by atoms with van der Waals surface area (Å²) in [5.74, 6) is 0. The Morgan fingerprint density at radius 1 is 1.20 bits per heavy atom. The highest BCUT2D eigenvalue weighted by Crippen LogP contribution is 2.19. The standard InChI is InChI=1S/C16H23N3O4S2/c20-25(21,19-7-10-22-11-8-19)15-5-3-13(4-6-15)18-16(24)17-12-14-2-1-9-23-14/h3-6,14H,1-2,7-12H2,(H2,17,18,24)/t14-/m1/s1. The molecule has 1 aromatic carbocycles. The van der Waals surface area contributed by atoms with Gasteiger partial charge >= 0.3 is 0 Å². The molecule has 0 unspecified atom stereocenters. The van der Waals surface area contributed by atoms with Crippen molar-refractivity contribution in [3.05, 3.63) is 24.3 Å². The van der Waals surface area contributed by atoms with Gasteiger partial charge in [0.1, 0.15) is 0 Å². The summed E-state index contributed by atoms with van der Waals surface area (Å²) < 4.78 is 37.3. The molecule has 0 radical (unpaired) electrons. The number of nitrogens with one attached hydrogen (secondary N) is 2. The molecule has 2 heterocycles. The van der Waals surface area contributed by atoms with Gasteiger partial charge in [0.15, 0.2) is 5.11 Å². The first-order chi connectivity index (χ1) is 12.1. The number of hydrogen-bond acceptors (Lipinski definition) is 5. The highest BCUT2D eigenvalue weighted by Gasteiger charge is 2.26. The van der Waals surface area contributed by atoms with E-state index in [1.54, 1.807) is 24.3 Å². The quantitative estimate of drug-likeness (QED) is 0.737. The number of morpholine rings is 1. The molecule has 0 aromatic heterocycles. The van der Waals surface area contributed by atoms with Crippen molar-refractivity contribution >= 4 is 33.0 Å². The third-order valence-corrected chi connectivity index (χ3v) is 6.39. The molecule has 2 aliphatic rings. The molecular weight excluding hydrogens is 362 g/mol. The second kappa shape index (κ2) is 8.41. The highest BCUT2D eigenvalue weighted by atomic mass is 32.2. The molecular formula is C16H23N3O4S2. The van der Waals surface area contributed by atoms with Gasteiger partial charge in [0.25, 0.3) is 0 Å². The molecule has 3 rings (SSSR count). The van der Waals surface area contributed by atoms with Gasteiger partial charge in [0, 0.05) is 31.9 Å². The summed E-state index contributed by atoms with van der Waals surface area (Å²) in [6, 6.07) is 6.62. The number of rotatable bonds is 5. The first kappa shape index (κ1) is 18.5. The van der Waals surface area contributed by atoms with Crippen LogP contribution in [0, 0.1) is 0 Å². The van der Waals surface area contributed by atoms with Crippen LogP contribution in [0.5, 0.6) is 0 Å². The summed E-state index contributed by atoms with van der Waals surface area (Å²) in [4.78, 5) is 0.276. The van der Waals surface area contributed by atoms with Gasteiger partial charge < -0.3 is 20.1 Å². The van der Waals surface area contributed by atoms with Crippen LogP contribution >= 0.6 is 12.2 Å². The number of benzene rings is 1. The predicted molar refractivity (Wildman–Crippen MR) is 99.2 cm³/mol. The Balaban J connectivity index is 1.55. The van der Waals surface area contributed by atoms with Gasteiger partial charge in [-0.1, -0.05) is 0 Å². The molecule has 0 bridgehead atoms. The molecule has 2 N–H and O–H groups in total. The first-order valence-electron chi connectivity index (χ1n) is 8.40. The number of hydrogen-bond donors (Lipinski definition) is 2.